The molecule has 1 heterocycles. The number of sulfonamides is 1. The van der Waals surface area contributed by atoms with Crippen molar-refractivity contribution in [2.45, 2.75) is 17.9 Å². The lowest BCUT2D eigenvalue weighted by molar-refractivity contribution is -0.119. The molecule has 0 saturated heterocycles. The molecule has 2 aromatic rings. The van der Waals surface area contributed by atoms with Crippen molar-refractivity contribution >= 4 is 21.6 Å². The van der Waals surface area contributed by atoms with Crippen LogP contribution in [0.4, 0.5) is 5.69 Å². The van der Waals surface area contributed by atoms with Gasteiger partial charge < -0.3 is 14.8 Å². The monoisotopic (exact) mass is 390 g/mol. The van der Waals surface area contributed by atoms with Crippen LogP contribution in [0.2, 0.25) is 0 Å². The quantitative estimate of drug-likeness (QED) is 0.816. The maximum absolute atomic E-state index is 12.9. The fourth-order valence-electron chi connectivity index (χ4n) is 3.04. The largest absolute Gasteiger partial charge is 0.497 e. The van der Waals surface area contributed by atoms with Gasteiger partial charge in [-0.1, -0.05) is 6.07 Å². The zero-order chi connectivity index (χ0) is 19.4. The summed E-state index contributed by atoms with van der Waals surface area (Å²) in [4.78, 5) is 11.9. The molecule has 0 aliphatic carbocycles. The first kappa shape index (κ1) is 19.3. The van der Waals surface area contributed by atoms with E-state index in [0.29, 0.717) is 24.4 Å². The van der Waals surface area contributed by atoms with E-state index in [9.17, 15) is 13.2 Å². The fourth-order valence-corrected chi connectivity index (χ4v) is 4.46. The second-order valence-electron chi connectivity index (χ2n) is 6.23. The first-order chi connectivity index (χ1) is 12.9. The number of fused-ring (bicyclic) bond motifs is 1. The number of anilines is 1. The van der Waals surface area contributed by atoms with E-state index < -0.39 is 10.0 Å². The van der Waals surface area contributed by atoms with Gasteiger partial charge >= 0.3 is 0 Å². The minimum Gasteiger partial charge on any atom is -0.497 e. The number of nitrogens with zero attached hydrogens (tertiary/aromatic N) is 1. The Hall–Kier alpha value is -2.42. The molecule has 0 radical (unpaired) electrons. The Morgan fingerprint density at radius 1 is 1.11 bits per heavy atom. The number of hydrogen-bond donors (Lipinski definition) is 1. The highest BCUT2D eigenvalue weighted by atomic mass is 32.2. The van der Waals surface area contributed by atoms with Crippen LogP contribution in [-0.2, 0) is 32.5 Å². The topological polar surface area (TPSA) is 84.9 Å². The Kier molecular flexibility index (Phi) is 5.79. The predicted octanol–water partition coefficient (Wildman–Crippen LogP) is 2.03. The molecule has 1 aliphatic rings. The van der Waals surface area contributed by atoms with Gasteiger partial charge in [-0.25, -0.2) is 8.42 Å². The molecule has 3 rings (SSSR count). The van der Waals surface area contributed by atoms with Gasteiger partial charge in [-0.05, 0) is 53.9 Å². The first-order valence-electron chi connectivity index (χ1n) is 8.49. The maximum atomic E-state index is 12.9. The molecule has 8 heteroatoms. The highest BCUT2D eigenvalue weighted by molar-refractivity contribution is 7.89. The fraction of sp³-hybridized carbons (Fsp3) is 0.316. The van der Waals surface area contributed by atoms with Crippen molar-refractivity contribution in [1.29, 1.82) is 0 Å². The van der Waals surface area contributed by atoms with Crippen molar-refractivity contribution in [3.8, 4) is 5.75 Å². The van der Waals surface area contributed by atoms with Gasteiger partial charge in [-0.3, -0.25) is 4.79 Å². The lowest BCUT2D eigenvalue weighted by Crippen LogP contribution is -2.36. The van der Waals surface area contributed by atoms with Crippen LogP contribution in [-0.4, -0.2) is 46.0 Å². The van der Waals surface area contributed by atoms with Crippen molar-refractivity contribution in [3.63, 3.8) is 0 Å². The summed E-state index contributed by atoms with van der Waals surface area (Å²) in [5.41, 5.74) is 2.59. The number of benzene rings is 2. The van der Waals surface area contributed by atoms with Crippen molar-refractivity contribution in [2.75, 3.05) is 32.7 Å². The lowest BCUT2D eigenvalue weighted by atomic mass is 10.0. The number of amides is 1. The SMILES string of the molecule is COCC(=O)Nc1ccc2c(c1)CN(S(=O)(=O)c1ccc(OC)cc1)CC2. The molecule has 1 amide bonds. The minimum absolute atomic E-state index is 0.0327. The number of nitrogens with one attached hydrogen (secondary N) is 1. The summed E-state index contributed by atoms with van der Waals surface area (Å²) in [5.74, 6) is 0.352. The lowest BCUT2D eigenvalue weighted by Gasteiger charge is -2.28. The zero-order valence-electron chi connectivity index (χ0n) is 15.3. The van der Waals surface area contributed by atoms with Crippen molar-refractivity contribution in [3.05, 3.63) is 53.6 Å². The van der Waals surface area contributed by atoms with Gasteiger partial charge in [-0.15, -0.1) is 0 Å². The van der Waals surface area contributed by atoms with Gasteiger partial charge in [0.25, 0.3) is 0 Å². The predicted molar refractivity (Wildman–Crippen MR) is 101 cm³/mol. The molecule has 2 aromatic carbocycles. The Morgan fingerprint density at radius 3 is 2.52 bits per heavy atom. The third-order valence-corrected chi connectivity index (χ3v) is 6.30. The Balaban J connectivity index is 1.80. The average Bonchev–Trinajstić information content (AvgIpc) is 2.67. The molecule has 0 atom stereocenters. The molecular weight excluding hydrogens is 368 g/mol. The normalized spacial score (nSPS) is 14.4. The van der Waals surface area contributed by atoms with Crippen molar-refractivity contribution in [2.24, 2.45) is 0 Å². The third-order valence-electron chi connectivity index (χ3n) is 4.44. The van der Waals surface area contributed by atoms with Crippen LogP contribution >= 0.6 is 0 Å². The molecule has 1 N–H and O–H groups in total. The van der Waals surface area contributed by atoms with Crippen molar-refractivity contribution in [1.82, 2.24) is 4.31 Å². The molecule has 0 saturated carbocycles. The molecule has 0 aromatic heterocycles. The number of ether oxygens (including phenoxy) is 2. The van der Waals surface area contributed by atoms with E-state index in [-0.39, 0.29) is 24.0 Å². The van der Waals surface area contributed by atoms with Crippen LogP contribution in [0.15, 0.2) is 47.4 Å². The number of methoxy groups -OCH3 is 2. The highest BCUT2D eigenvalue weighted by Crippen LogP contribution is 2.27. The molecule has 0 bridgehead atoms. The minimum atomic E-state index is -3.60. The van der Waals surface area contributed by atoms with Gasteiger partial charge in [0.1, 0.15) is 12.4 Å². The smallest absolute Gasteiger partial charge is 0.250 e. The molecule has 0 unspecified atom stereocenters. The van der Waals surface area contributed by atoms with Crippen molar-refractivity contribution < 1.29 is 22.7 Å². The number of carbonyl (C=O) groups is 1. The van der Waals surface area contributed by atoms with E-state index >= 15 is 0 Å². The molecule has 0 spiro atoms. The molecular formula is C19H22N2O5S. The van der Waals surface area contributed by atoms with Crippen LogP contribution in [0.25, 0.3) is 0 Å². The Morgan fingerprint density at radius 2 is 1.85 bits per heavy atom. The maximum Gasteiger partial charge on any atom is 0.250 e. The average molecular weight is 390 g/mol. The number of hydrogen-bond acceptors (Lipinski definition) is 5. The second-order valence-corrected chi connectivity index (χ2v) is 8.17. The van der Waals surface area contributed by atoms with Crippen LogP contribution in [0.3, 0.4) is 0 Å². The van der Waals surface area contributed by atoms with Crippen LogP contribution in [0.1, 0.15) is 11.1 Å². The number of rotatable bonds is 6. The Bertz CT molecular complexity index is 926. The highest BCUT2D eigenvalue weighted by Gasteiger charge is 2.28. The Labute approximate surface area is 158 Å². The van der Waals surface area contributed by atoms with Gasteiger partial charge in [0.15, 0.2) is 0 Å². The summed E-state index contributed by atoms with van der Waals surface area (Å²) in [6.07, 6.45) is 0.622. The standard InChI is InChI=1S/C19H22N2O5S/c1-25-13-19(22)20-16-4-3-14-9-10-21(12-15(14)11-16)27(23,24)18-7-5-17(26-2)6-8-18/h3-8,11H,9-10,12-13H2,1-2H3,(H,20,22). The summed E-state index contributed by atoms with van der Waals surface area (Å²) < 4.78 is 37.2. The summed E-state index contributed by atoms with van der Waals surface area (Å²) >= 11 is 0. The van der Waals surface area contributed by atoms with Crippen LogP contribution in [0.5, 0.6) is 5.75 Å². The molecule has 7 nitrogen and oxygen atoms in total. The van der Waals surface area contributed by atoms with E-state index in [2.05, 4.69) is 5.32 Å². The van der Waals surface area contributed by atoms with E-state index in [1.54, 1.807) is 24.3 Å². The third kappa shape index (κ3) is 4.29. The van der Waals surface area contributed by atoms with E-state index in [4.69, 9.17) is 9.47 Å². The van der Waals surface area contributed by atoms with Crippen LogP contribution in [0, 0.1) is 0 Å². The molecule has 1 aliphatic heterocycles. The summed E-state index contributed by atoms with van der Waals surface area (Å²) in [5, 5.41) is 2.75. The number of carbonyl (C=O) groups excluding carboxylic acids is 1. The first-order valence-corrected chi connectivity index (χ1v) is 9.93. The molecule has 27 heavy (non-hydrogen) atoms. The zero-order valence-corrected chi connectivity index (χ0v) is 16.1. The van der Waals surface area contributed by atoms with E-state index in [1.807, 2.05) is 18.2 Å². The van der Waals surface area contributed by atoms with E-state index in [1.165, 1.54) is 18.5 Å². The second kappa shape index (κ2) is 8.08. The summed E-state index contributed by atoms with van der Waals surface area (Å²) in [6, 6.07) is 11.9. The molecule has 144 valence electrons. The van der Waals surface area contributed by atoms with Gasteiger partial charge in [0.05, 0.1) is 12.0 Å². The van der Waals surface area contributed by atoms with E-state index in [0.717, 1.165) is 11.1 Å². The van der Waals surface area contributed by atoms with Gasteiger partial charge in [0, 0.05) is 25.9 Å². The van der Waals surface area contributed by atoms with Crippen LogP contribution < -0.4 is 10.1 Å². The summed E-state index contributed by atoms with van der Waals surface area (Å²) in [6.45, 7) is 0.642. The molecule has 0 fully saturated rings. The van der Waals surface area contributed by atoms with Gasteiger partial charge in [-0.2, -0.15) is 4.31 Å². The summed E-state index contributed by atoms with van der Waals surface area (Å²) in [7, 11) is -0.615. The van der Waals surface area contributed by atoms with Gasteiger partial charge in [0.2, 0.25) is 15.9 Å².